The van der Waals surface area contributed by atoms with Crippen LogP contribution in [0.25, 0.3) is 33.4 Å². The van der Waals surface area contributed by atoms with Gasteiger partial charge in [-0.1, -0.05) is 186 Å². The first kappa shape index (κ1) is 32.6. The van der Waals surface area contributed by atoms with Gasteiger partial charge in [0.1, 0.15) is 0 Å². The van der Waals surface area contributed by atoms with Crippen molar-refractivity contribution in [1.29, 1.82) is 0 Å². The number of hydrogen-bond donors (Lipinski definition) is 0. The highest BCUT2D eigenvalue weighted by Gasteiger charge is 2.50. The Labute approximate surface area is 294 Å². The van der Waals surface area contributed by atoms with Crippen LogP contribution in [0.1, 0.15) is 44.4 Å². The second kappa shape index (κ2) is 13.1. The quantitative estimate of drug-likeness (QED) is 0.119. The molecule has 0 heterocycles. The van der Waals surface area contributed by atoms with Crippen LogP contribution < -0.4 is 15.6 Å². The summed E-state index contributed by atoms with van der Waals surface area (Å²) in [5, 5.41) is 6.09. The highest BCUT2D eigenvalue weighted by atomic mass is 28.3. The van der Waals surface area contributed by atoms with E-state index in [2.05, 4.69) is 194 Å². The second-order valence-electron chi connectivity index (χ2n) is 14.0. The highest BCUT2D eigenvalue weighted by molar-refractivity contribution is 7.17. The van der Waals surface area contributed by atoms with Crippen molar-refractivity contribution in [3.8, 4) is 33.4 Å². The Kier molecular flexibility index (Phi) is 8.73. The van der Waals surface area contributed by atoms with E-state index >= 15 is 0 Å². The zero-order valence-corrected chi connectivity index (χ0v) is 30.9. The molecule has 242 valence electrons. The summed E-state index contributed by atoms with van der Waals surface area (Å²) < 4.78 is 0. The lowest BCUT2D eigenvalue weighted by molar-refractivity contribution is 0.851. The third-order valence-electron chi connectivity index (χ3n) is 11.3. The average Bonchev–Trinajstić information content (AvgIpc) is 3.33. The Bertz CT molecular complexity index is 2000. The van der Waals surface area contributed by atoms with Crippen LogP contribution in [0.5, 0.6) is 0 Å². The molecule has 1 aliphatic rings. The molecule has 6 aromatic carbocycles. The molecule has 49 heavy (non-hydrogen) atoms. The van der Waals surface area contributed by atoms with Gasteiger partial charge in [0.15, 0.2) is 8.07 Å². The van der Waals surface area contributed by atoms with E-state index in [1.54, 1.807) is 5.20 Å². The fraction of sp³-hybridized carbons (Fsp3) is 0.167. The van der Waals surface area contributed by atoms with E-state index in [4.69, 9.17) is 0 Å². The van der Waals surface area contributed by atoms with Crippen molar-refractivity contribution in [3.05, 3.63) is 184 Å². The summed E-state index contributed by atoms with van der Waals surface area (Å²) in [6.45, 7) is 16.6. The van der Waals surface area contributed by atoms with E-state index in [1.165, 1.54) is 82.4 Å². The topological polar surface area (TPSA) is 0 Å². The molecule has 1 unspecified atom stereocenters. The van der Waals surface area contributed by atoms with Gasteiger partial charge in [0, 0.05) is 0 Å². The normalized spacial score (nSPS) is 14.9. The van der Waals surface area contributed by atoms with E-state index in [9.17, 15) is 0 Å². The molecule has 0 aromatic heterocycles. The minimum atomic E-state index is -2.87. The summed E-state index contributed by atoms with van der Waals surface area (Å²) in [6, 6.07) is 54.4. The van der Waals surface area contributed by atoms with Crippen LogP contribution in [-0.2, 0) is 0 Å². The standard InChI is InChI=1S/C48H46Si/c1-32-29-42(39-17-11-8-12-18-39)23-26-45(32)49(48-37(6)35(4)36(5)38(48)7,46-27-24-43(30-33(46)2)40-19-13-9-14-20-40)47-28-25-44(31-34(47)3)41-21-15-10-16-22-41/h8-31,37H,1-7H3. The summed E-state index contributed by atoms with van der Waals surface area (Å²) in [5.41, 5.74) is 16.1. The maximum atomic E-state index is 2.50. The molecular formula is C48H46Si. The maximum absolute atomic E-state index is 2.87. The molecule has 0 aliphatic heterocycles. The number of hydrogen-bond acceptors (Lipinski definition) is 0. The van der Waals surface area contributed by atoms with E-state index in [1.807, 2.05) is 0 Å². The van der Waals surface area contributed by atoms with Gasteiger partial charge in [-0.2, -0.15) is 0 Å². The van der Waals surface area contributed by atoms with Gasteiger partial charge in [-0.3, -0.25) is 0 Å². The molecule has 0 N–H and O–H groups in total. The lowest BCUT2D eigenvalue weighted by Crippen LogP contribution is -2.71. The predicted octanol–water partition coefficient (Wildman–Crippen LogP) is 10.9. The van der Waals surface area contributed by atoms with Crippen molar-refractivity contribution >= 4 is 23.6 Å². The molecule has 1 heteroatoms. The number of allylic oxidation sites excluding steroid dienone is 4. The molecule has 1 atom stereocenters. The molecule has 7 rings (SSSR count). The van der Waals surface area contributed by atoms with Crippen molar-refractivity contribution in [2.45, 2.75) is 48.5 Å². The molecule has 6 aromatic rings. The summed E-state index contributed by atoms with van der Waals surface area (Å²) in [6.07, 6.45) is 0. The Hall–Kier alpha value is -4.98. The van der Waals surface area contributed by atoms with Crippen LogP contribution in [0.2, 0.25) is 0 Å². The lowest BCUT2D eigenvalue weighted by Gasteiger charge is -2.41. The monoisotopic (exact) mass is 650 g/mol. The first-order valence-corrected chi connectivity index (χ1v) is 19.6. The molecular weight excluding hydrogens is 605 g/mol. The number of benzene rings is 6. The first-order chi connectivity index (χ1) is 23.7. The van der Waals surface area contributed by atoms with Crippen LogP contribution in [0.4, 0.5) is 0 Å². The average molecular weight is 651 g/mol. The first-order valence-electron chi connectivity index (χ1n) is 17.6. The van der Waals surface area contributed by atoms with Crippen molar-refractivity contribution in [2.24, 2.45) is 5.92 Å². The van der Waals surface area contributed by atoms with Gasteiger partial charge in [0.05, 0.1) is 0 Å². The SMILES string of the molecule is CC1=C(C)C(C)C([Si](c2ccc(-c3ccccc3)cc2C)(c2ccc(-c3ccccc3)cc2C)c2ccc(-c3ccccc3)cc2C)=C1C. The molecule has 0 saturated carbocycles. The minimum Gasteiger partial charge on any atom is -0.0636 e. The summed E-state index contributed by atoms with van der Waals surface area (Å²) in [7, 11) is -2.87. The van der Waals surface area contributed by atoms with Gasteiger partial charge in [0.2, 0.25) is 0 Å². The Morgan fingerprint density at radius 3 is 0.959 bits per heavy atom. The summed E-state index contributed by atoms with van der Waals surface area (Å²) in [4.78, 5) is 0. The van der Waals surface area contributed by atoms with Crippen molar-refractivity contribution in [1.82, 2.24) is 0 Å². The van der Waals surface area contributed by atoms with Crippen LogP contribution in [-0.4, -0.2) is 8.07 Å². The molecule has 0 saturated heterocycles. The van der Waals surface area contributed by atoms with Gasteiger partial charge in [0.25, 0.3) is 0 Å². The van der Waals surface area contributed by atoms with Gasteiger partial charge in [-0.05, 0) is 102 Å². The van der Waals surface area contributed by atoms with E-state index < -0.39 is 8.07 Å². The van der Waals surface area contributed by atoms with Crippen molar-refractivity contribution < 1.29 is 0 Å². The second-order valence-corrected chi connectivity index (χ2v) is 17.7. The fourth-order valence-corrected chi connectivity index (χ4v) is 14.9. The smallest absolute Gasteiger partial charge is 0.0636 e. The van der Waals surface area contributed by atoms with Crippen molar-refractivity contribution in [2.75, 3.05) is 0 Å². The Morgan fingerprint density at radius 1 is 0.367 bits per heavy atom. The van der Waals surface area contributed by atoms with Gasteiger partial charge in [-0.15, -0.1) is 0 Å². The van der Waals surface area contributed by atoms with Crippen LogP contribution in [0.15, 0.2) is 168 Å². The maximum Gasteiger partial charge on any atom is 0.177 e. The lowest BCUT2D eigenvalue weighted by atomic mass is 10.0. The van der Waals surface area contributed by atoms with Gasteiger partial charge < -0.3 is 0 Å². The molecule has 0 nitrogen and oxygen atoms in total. The minimum absolute atomic E-state index is 0.348. The van der Waals surface area contributed by atoms with E-state index in [0.29, 0.717) is 5.92 Å². The molecule has 0 spiro atoms. The highest BCUT2D eigenvalue weighted by Crippen LogP contribution is 2.42. The molecule has 0 radical (unpaired) electrons. The molecule has 0 amide bonds. The zero-order chi connectivity index (χ0) is 34.3. The van der Waals surface area contributed by atoms with Crippen LogP contribution in [0.3, 0.4) is 0 Å². The molecule has 0 fully saturated rings. The molecule has 0 bridgehead atoms. The fourth-order valence-electron chi connectivity index (χ4n) is 8.52. The number of aryl methyl sites for hydroxylation is 3. The van der Waals surface area contributed by atoms with Crippen molar-refractivity contribution in [3.63, 3.8) is 0 Å². The van der Waals surface area contributed by atoms with Gasteiger partial charge >= 0.3 is 0 Å². The van der Waals surface area contributed by atoms with Crippen LogP contribution in [0, 0.1) is 26.7 Å². The van der Waals surface area contributed by atoms with E-state index in [0.717, 1.165) is 0 Å². The summed E-state index contributed by atoms with van der Waals surface area (Å²) in [5.74, 6) is 0.348. The van der Waals surface area contributed by atoms with Gasteiger partial charge in [-0.25, -0.2) is 0 Å². The molecule has 1 aliphatic carbocycles. The third-order valence-corrected chi connectivity index (χ3v) is 17.0. The predicted molar refractivity (Wildman–Crippen MR) is 215 cm³/mol. The zero-order valence-electron chi connectivity index (χ0n) is 29.9. The van der Waals surface area contributed by atoms with Crippen LogP contribution >= 0.6 is 0 Å². The van der Waals surface area contributed by atoms with E-state index in [-0.39, 0.29) is 0 Å². The number of rotatable bonds is 7. The largest absolute Gasteiger partial charge is 0.177 e. The third kappa shape index (κ3) is 5.57. The Balaban J connectivity index is 1.58. The summed E-state index contributed by atoms with van der Waals surface area (Å²) >= 11 is 0. The Morgan fingerprint density at radius 2 is 0.694 bits per heavy atom.